The molecule has 2 aliphatic heterocycles. The highest BCUT2D eigenvalue weighted by atomic mass is 16.6. The van der Waals surface area contributed by atoms with Gasteiger partial charge in [0, 0.05) is 33.3 Å². The molecule has 3 aromatic rings. The molecule has 1 fully saturated rings. The van der Waals surface area contributed by atoms with Gasteiger partial charge in [0.15, 0.2) is 5.54 Å². The number of nitrogens with one attached hydrogen (secondary N) is 2. The first-order valence-corrected chi connectivity index (χ1v) is 11.0. The second kappa shape index (κ2) is 8.28. The summed E-state index contributed by atoms with van der Waals surface area (Å²) in [7, 11) is 0. The summed E-state index contributed by atoms with van der Waals surface area (Å²) >= 11 is 0. The summed E-state index contributed by atoms with van der Waals surface area (Å²) in [5, 5.41) is 28.0. The number of nitrogens with zero attached hydrogens (tertiary/aromatic N) is 2. The number of nitro groups is 1. The van der Waals surface area contributed by atoms with E-state index in [9.17, 15) is 20.2 Å². The Hall–Kier alpha value is -4.22. The van der Waals surface area contributed by atoms with Crippen LogP contribution in [0.15, 0.2) is 72.8 Å². The second-order valence-electron chi connectivity index (χ2n) is 8.59. The molecule has 2 N–H and O–H groups in total. The fourth-order valence-corrected chi connectivity index (χ4v) is 5.32. The molecule has 0 unspecified atom stereocenters. The number of amides is 1. The van der Waals surface area contributed by atoms with Gasteiger partial charge in [0.1, 0.15) is 12.4 Å². The molecule has 1 saturated heterocycles. The summed E-state index contributed by atoms with van der Waals surface area (Å²) in [5.74, 6) is -0.565. The first-order valence-electron chi connectivity index (χ1n) is 11.0. The average molecular weight is 454 g/mol. The van der Waals surface area contributed by atoms with Crippen LogP contribution in [0.2, 0.25) is 0 Å². The molecule has 0 aromatic heterocycles. The average Bonchev–Trinajstić information content (AvgIpc) is 3.31. The number of rotatable bonds is 5. The van der Waals surface area contributed by atoms with Crippen molar-refractivity contribution in [2.75, 3.05) is 5.32 Å². The SMILES string of the molecule is C[C@@H]1N[C@]2(C(=O)Nc3ccccc32)[C@H]([N+](=O)[O-])[C@@H]1c1ccccc1OCc1ccccc1C#N. The van der Waals surface area contributed by atoms with Crippen LogP contribution in [0, 0.1) is 21.4 Å². The molecular weight excluding hydrogens is 432 g/mol. The van der Waals surface area contributed by atoms with E-state index < -0.39 is 23.4 Å². The zero-order valence-corrected chi connectivity index (χ0v) is 18.4. The van der Waals surface area contributed by atoms with Crippen molar-refractivity contribution in [2.45, 2.75) is 37.1 Å². The van der Waals surface area contributed by atoms with E-state index in [1.165, 1.54) is 0 Å². The monoisotopic (exact) mass is 454 g/mol. The third-order valence-electron chi connectivity index (χ3n) is 6.76. The number of benzene rings is 3. The summed E-state index contributed by atoms with van der Waals surface area (Å²) in [6.45, 7) is 2.00. The first kappa shape index (κ1) is 21.6. The Balaban J connectivity index is 1.55. The van der Waals surface area contributed by atoms with Crippen molar-refractivity contribution < 1.29 is 14.5 Å². The van der Waals surface area contributed by atoms with E-state index in [4.69, 9.17) is 4.74 Å². The zero-order valence-electron chi connectivity index (χ0n) is 18.4. The molecule has 2 aliphatic rings. The molecule has 34 heavy (non-hydrogen) atoms. The van der Waals surface area contributed by atoms with E-state index in [1.54, 1.807) is 48.5 Å². The van der Waals surface area contributed by atoms with E-state index in [2.05, 4.69) is 16.7 Å². The number of carbonyl (C=O) groups is 1. The van der Waals surface area contributed by atoms with Gasteiger partial charge in [-0.05, 0) is 25.1 Å². The Kier molecular flexibility index (Phi) is 5.27. The molecule has 0 aliphatic carbocycles. The molecule has 170 valence electrons. The zero-order chi connectivity index (χ0) is 23.9. The minimum absolute atomic E-state index is 0.146. The fourth-order valence-electron chi connectivity index (χ4n) is 5.32. The highest BCUT2D eigenvalue weighted by molar-refractivity contribution is 6.07. The van der Waals surface area contributed by atoms with Gasteiger partial charge in [-0.2, -0.15) is 5.26 Å². The number of hydrogen-bond donors (Lipinski definition) is 2. The highest BCUT2D eigenvalue weighted by Gasteiger charge is 2.67. The first-order chi connectivity index (χ1) is 16.5. The standard InChI is InChI=1S/C26H22N4O4/c1-16-23(19-10-4-7-13-22(19)34-15-18-9-3-2-8-17(18)14-27)24(30(32)33)26(29-16)20-11-5-6-12-21(20)28-25(26)31/h2-13,16,23-24,29H,15H2,1H3,(H,28,31)/t16-,23-,24+,26-/m0/s1. The topological polar surface area (TPSA) is 117 Å². The third kappa shape index (κ3) is 3.21. The molecule has 8 nitrogen and oxygen atoms in total. The minimum Gasteiger partial charge on any atom is -0.489 e. The maximum Gasteiger partial charge on any atom is 0.256 e. The second-order valence-corrected chi connectivity index (χ2v) is 8.59. The quantitative estimate of drug-likeness (QED) is 0.448. The summed E-state index contributed by atoms with van der Waals surface area (Å²) in [6, 6.07) is 21.9. The molecule has 2 heterocycles. The lowest BCUT2D eigenvalue weighted by Gasteiger charge is -2.26. The van der Waals surface area contributed by atoms with Gasteiger partial charge in [-0.25, -0.2) is 0 Å². The molecule has 1 amide bonds. The molecule has 1 spiro atoms. The van der Waals surface area contributed by atoms with Crippen LogP contribution in [0.1, 0.15) is 35.1 Å². The van der Waals surface area contributed by atoms with E-state index in [0.717, 1.165) is 5.56 Å². The molecule has 5 rings (SSSR count). The van der Waals surface area contributed by atoms with Gasteiger partial charge in [0.2, 0.25) is 0 Å². The summed E-state index contributed by atoms with van der Waals surface area (Å²) in [5.41, 5.74) is 1.56. The summed E-state index contributed by atoms with van der Waals surface area (Å²) < 4.78 is 6.10. The van der Waals surface area contributed by atoms with Crippen molar-refractivity contribution in [3.05, 3.63) is 105 Å². The number of nitriles is 1. The maximum absolute atomic E-state index is 13.2. The molecule has 0 saturated carbocycles. The molecule has 0 radical (unpaired) electrons. The van der Waals surface area contributed by atoms with Gasteiger partial charge >= 0.3 is 0 Å². The number of anilines is 1. The Morgan fingerprint density at radius 2 is 1.79 bits per heavy atom. The fraction of sp³-hybridized carbons (Fsp3) is 0.231. The third-order valence-corrected chi connectivity index (χ3v) is 6.76. The number of ether oxygens (including phenoxy) is 1. The molecule has 3 aromatic carbocycles. The van der Waals surface area contributed by atoms with Crippen LogP contribution >= 0.6 is 0 Å². The lowest BCUT2D eigenvalue weighted by Crippen LogP contribution is -2.54. The number of para-hydroxylation sites is 2. The van der Waals surface area contributed by atoms with E-state index in [0.29, 0.717) is 28.1 Å². The minimum atomic E-state index is -1.48. The lowest BCUT2D eigenvalue weighted by atomic mass is 9.78. The van der Waals surface area contributed by atoms with Crippen molar-refractivity contribution in [3.63, 3.8) is 0 Å². The van der Waals surface area contributed by atoms with Crippen LogP contribution in [-0.4, -0.2) is 22.9 Å². The largest absolute Gasteiger partial charge is 0.489 e. The Morgan fingerprint density at radius 3 is 2.59 bits per heavy atom. The smallest absolute Gasteiger partial charge is 0.256 e. The maximum atomic E-state index is 13.2. The van der Waals surface area contributed by atoms with Crippen molar-refractivity contribution in [1.29, 1.82) is 5.26 Å². The van der Waals surface area contributed by atoms with Crippen molar-refractivity contribution in [1.82, 2.24) is 5.32 Å². The van der Waals surface area contributed by atoms with Crippen molar-refractivity contribution in [3.8, 4) is 11.8 Å². The predicted octanol–water partition coefficient (Wildman–Crippen LogP) is 3.71. The number of hydrogen-bond acceptors (Lipinski definition) is 6. The van der Waals surface area contributed by atoms with Crippen LogP contribution in [0.5, 0.6) is 5.75 Å². The van der Waals surface area contributed by atoms with Gasteiger partial charge in [-0.1, -0.05) is 54.6 Å². The van der Waals surface area contributed by atoms with E-state index in [1.807, 2.05) is 31.2 Å². The van der Waals surface area contributed by atoms with Gasteiger partial charge in [0.05, 0.1) is 17.6 Å². The highest BCUT2D eigenvalue weighted by Crippen LogP contribution is 2.50. The van der Waals surface area contributed by atoms with Crippen molar-refractivity contribution >= 4 is 11.6 Å². The predicted molar refractivity (Wildman–Crippen MR) is 125 cm³/mol. The van der Waals surface area contributed by atoms with Gasteiger partial charge < -0.3 is 10.1 Å². The van der Waals surface area contributed by atoms with Crippen LogP contribution in [0.25, 0.3) is 0 Å². The van der Waals surface area contributed by atoms with Crippen LogP contribution in [0.3, 0.4) is 0 Å². The van der Waals surface area contributed by atoms with Crippen molar-refractivity contribution in [2.24, 2.45) is 0 Å². The molecule has 4 atom stereocenters. The molecule has 0 bridgehead atoms. The van der Waals surface area contributed by atoms with Crippen LogP contribution in [0.4, 0.5) is 5.69 Å². The summed E-state index contributed by atoms with van der Waals surface area (Å²) in [4.78, 5) is 25.4. The Morgan fingerprint density at radius 1 is 1.09 bits per heavy atom. The normalized spacial score (nSPS) is 24.9. The Bertz CT molecular complexity index is 1330. The number of fused-ring (bicyclic) bond motifs is 2. The Labute approximate surface area is 196 Å². The molecular formula is C26H22N4O4. The number of carbonyl (C=O) groups excluding carboxylic acids is 1. The van der Waals surface area contributed by atoms with Gasteiger partial charge in [-0.15, -0.1) is 0 Å². The van der Waals surface area contributed by atoms with E-state index in [-0.39, 0.29) is 17.6 Å². The van der Waals surface area contributed by atoms with Gasteiger partial charge in [-0.3, -0.25) is 20.2 Å². The van der Waals surface area contributed by atoms with Crippen LogP contribution < -0.4 is 15.4 Å². The van der Waals surface area contributed by atoms with Gasteiger partial charge in [0.25, 0.3) is 11.9 Å². The van der Waals surface area contributed by atoms with E-state index >= 15 is 0 Å². The lowest BCUT2D eigenvalue weighted by molar-refractivity contribution is -0.532. The van der Waals surface area contributed by atoms with Crippen LogP contribution in [-0.2, 0) is 16.9 Å². The molecule has 8 heteroatoms. The summed E-state index contributed by atoms with van der Waals surface area (Å²) in [6.07, 6.45) is 0.